The predicted molar refractivity (Wildman–Crippen MR) is 93.4 cm³/mol. The zero-order valence-corrected chi connectivity index (χ0v) is 12.8. The number of carbonyl (C=O) groups excluding carboxylic acids is 1. The minimum Gasteiger partial charge on any atom is -0.462 e. The topological polar surface area (TPSA) is 43.4 Å². The zero-order chi connectivity index (χ0) is 16.4. The van der Waals surface area contributed by atoms with Gasteiger partial charge in [-0.15, -0.1) is 0 Å². The molecular weight excluding hydrogens is 288 g/mol. The van der Waals surface area contributed by atoms with E-state index in [9.17, 15) is 9.59 Å². The van der Waals surface area contributed by atoms with Gasteiger partial charge >= 0.3 is 5.97 Å². The van der Waals surface area contributed by atoms with Gasteiger partial charge in [0.2, 0.25) is 0 Å². The number of rotatable bonds is 3. The minimum atomic E-state index is -0.445. The molecule has 0 heterocycles. The molecule has 0 aliphatic heterocycles. The summed E-state index contributed by atoms with van der Waals surface area (Å²) in [5.41, 5.74) is 0.928. The smallest absolute Gasteiger partial charge is 0.338 e. The summed E-state index contributed by atoms with van der Waals surface area (Å²) in [6.07, 6.45) is 0. The van der Waals surface area contributed by atoms with Crippen molar-refractivity contribution in [2.75, 3.05) is 6.61 Å². The Morgan fingerprint density at radius 1 is 1.00 bits per heavy atom. The summed E-state index contributed by atoms with van der Waals surface area (Å²) in [4.78, 5) is 24.5. The molecule has 0 radical (unpaired) electrons. The Labute approximate surface area is 133 Å². The fourth-order valence-corrected chi connectivity index (χ4v) is 2.60. The molecule has 3 aromatic carbocycles. The van der Waals surface area contributed by atoms with Gasteiger partial charge in [-0.3, -0.25) is 4.79 Å². The maximum absolute atomic E-state index is 12.7. The van der Waals surface area contributed by atoms with E-state index in [0.29, 0.717) is 22.9 Å². The van der Waals surface area contributed by atoms with Crippen LogP contribution in [0.2, 0.25) is 0 Å². The molecular formula is C20H16O3. The molecule has 0 bridgehead atoms. The molecule has 0 aromatic heterocycles. The van der Waals surface area contributed by atoms with Crippen LogP contribution in [0.25, 0.3) is 27.1 Å². The van der Waals surface area contributed by atoms with Gasteiger partial charge in [-0.2, -0.15) is 0 Å². The lowest BCUT2D eigenvalue weighted by Crippen LogP contribution is -2.06. The van der Waals surface area contributed by atoms with E-state index in [4.69, 9.17) is 4.74 Å². The first-order valence-electron chi connectivity index (χ1n) is 7.44. The molecule has 114 valence electrons. The summed E-state index contributed by atoms with van der Waals surface area (Å²) in [6, 6.07) is 16.6. The van der Waals surface area contributed by atoms with Crippen molar-refractivity contribution in [2.24, 2.45) is 0 Å². The van der Waals surface area contributed by atoms with E-state index >= 15 is 0 Å². The van der Waals surface area contributed by atoms with Gasteiger partial charge in [-0.05, 0) is 35.4 Å². The molecule has 0 amide bonds. The molecule has 0 unspecified atom stereocenters. The second-order valence-corrected chi connectivity index (χ2v) is 5.25. The molecule has 0 N–H and O–H groups in total. The van der Waals surface area contributed by atoms with E-state index in [1.165, 1.54) is 0 Å². The van der Waals surface area contributed by atoms with Gasteiger partial charge < -0.3 is 4.74 Å². The summed E-state index contributed by atoms with van der Waals surface area (Å²) in [5.74, 6) is -0.445. The highest BCUT2D eigenvalue weighted by Gasteiger charge is 2.11. The van der Waals surface area contributed by atoms with Gasteiger partial charge in [0.05, 0.1) is 12.2 Å². The molecule has 0 saturated heterocycles. The van der Waals surface area contributed by atoms with Crippen molar-refractivity contribution in [3.63, 3.8) is 0 Å². The van der Waals surface area contributed by atoms with E-state index in [-0.39, 0.29) is 11.0 Å². The molecule has 0 spiro atoms. The first-order valence-corrected chi connectivity index (χ1v) is 7.44. The lowest BCUT2D eigenvalue weighted by molar-refractivity contribution is -0.136. The maximum Gasteiger partial charge on any atom is 0.338 e. The molecule has 3 nitrogen and oxygen atoms in total. The summed E-state index contributed by atoms with van der Waals surface area (Å²) in [6.45, 7) is 5.84. The molecule has 0 saturated carbocycles. The van der Waals surface area contributed by atoms with Gasteiger partial charge in [0.15, 0.2) is 5.43 Å². The average Bonchev–Trinajstić information content (AvgIpc) is 2.72. The minimum absolute atomic E-state index is 0.0195. The normalized spacial score (nSPS) is 10.7. The van der Waals surface area contributed by atoms with Crippen molar-refractivity contribution in [3.8, 4) is 0 Å². The van der Waals surface area contributed by atoms with Gasteiger partial charge in [0.1, 0.15) is 0 Å². The first-order chi connectivity index (χ1) is 11.1. The quantitative estimate of drug-likeness (QED) is 0.544. The van der Waals surface area contributed by atoms with Crippen molar-refractivity contribution in [1.82, 2.24) is 0 Å². The third-order valence-corrected chi connectivity index (χ3v) is 3.81. The Balaban J connectivity index is 2.22. The predicted octanol–water partition coefficient (Wildman–Crippen LogP) is 3.93. The number of carbonyl (C=O) groups is 1. The van der Waals surface area contributed by atoms with Crippen molar-refractivity contribution in [1.29, 1.82) is 0 Å². The van der Waals surface area contributed by atoms with Crippen molar-refractivity contribution in [3.05, 3.63) is 77.0 Å². The largest absolute Gasteiger partial charge is 0.462 e. The van der Waals surface area contributed by atoms with Crippen LogP contribution >= 0.6 is 0 Å². The average molecular weight is 304 g/mol. The zero-order valence-electron chi connectivity index (χ0n) is 12.8. The Kier molecular flexibility index (Phi) is 3.94. The van der Waals surface area contributed by atoms with E-state index in [1.54, 1.807) is 25.1 Å². The molecule has 23 heavy (non-hydrogen) atoms. The van der Waals surface area contributed by atoms with E-state index < -0.39 is 5.97 Å². The molecule has 3 aromatic rings. The van der Waals surface area contributed by atoms with Crippen molar-refractivity contribution < 1.29 is 9.53 Å². The number of benzene rings is 2. The standard InChI is InChI=1S/C20H16O3/c1-3-23-20(22)13(2)15-10-11-18-16(12-15)9-8-14-6-4-5-7-17(14)19(18)21/h4-12H,2-3H2,1H3. The van der Waals surface area contributed by atoms with Crippen LogP contribution in [0.15, 0.2) is 66.0 Å². The molecule has 3 rings (SSSR count). The fraction of sp³-hybridized carbons (Fsp3) is 0.100. The van der Waals surface area contributed by atoms with Crippen LogP contribution < -0.4 is 5.43 Å². The lowest BCUT2D eigenvalue weighted by atomic mass is 10.0. The Morgan fingerprint density at radius 3 is 2.48 bits per heavy atom. The van der Waals surface area contributed by atoms with Gasteiger partial charge in [-0.1, -0.05) is 49.0 Å². The van der Waals surface area contributed by atoms with E-state index in [2.05, 4.69) is 6.58 Å². The Morgan fingerprint density at radius 2 is 1.70 bits per heavy atom. The van der Waals surface area contributed by atoms with Crippen LogP contribution in [0, 0.1) is 0 Å². The van der Waals surface area contributed by atoms with Crippen molar-refractivity contribution in [2.45, 2.75) is 6.92 Å². The molecule has 0 atom stereocenters. The summed E-state index contributed by atoms with van der Waals surface area (Å²) in [5, 5.41) is 2.96. The fourth-order valence-electron chi connectivity index (χ4n) is 2.60. The molecule has 3 heteroatoms. The van der Waals surface area contributed by atoms with Crippen LogP contribution in [0.1, 0.15) is 12.5 Å². The van der Waals surface area contributed by atoms with E-state index in [0.717, 1.165) is 10.8 Å². The Hall–Kier alpha value is -2.94. The van der Waals surface area contributed by atoms with Gasteiger partial charge in [0, 0.05) is 10.8 Å². The van der Waals surface area contributed by atoms with Crippen LogP contribution in [0.5, 0.6) is 0 Å². The number of esters is 1. The molecule has 0 aliphatic carbocycles. The highest BCUT2D eigenvalue weighted by atomic mass is 16.5. The third-order valence-electron chi connectivity index (χ3n) is 3.81. The van der Waals surface area contributed by atoms with E-state index in [1.807, 2.05) is 36.4 Å². The highest BCUT2D eigenvalue weighted by Crippen LogP contribution is 2.21. The van der Waals surface area contributed by atoms with Crippen LogP contribution in [-0.4, -0.2) is 12.6 Å². The van der Waals surface area contributed by atoms with Gasteiger partial charge in [-0.25, -0.2) is 4.79 Å². The number of hydrogen-bond acceptors (Lipinski definition) is 3. The van der Waals surface area contributed by atoms with Crippen LogP contribution in [0.3, 0.4) is 0 Å². The Bertz CT molecular complexity index is 987. The maximum atomic E-state index is 12.7. The molecule has 0 aliphatic rings. The first kappa shape index (κ1) is 15.0. The molecule has 0 fully saturated rings. The van der Waals surface area contributed by atoms with Crippen molar-refractivity contribution >= 4 is 33.1 Å². The van der Waals surface area contributed by atoms with Crippen LogP contribution in [0.4, 0.5) is 0 Å². The second kappa shape index (κ2) is 6.05. The second-order valence-electron chi connectivity index (χ2n) is 5.25. The third kappa shape index (κ3) is 2.73. The van der Waals surface area contributed by atoms with Crippen LogP contribution in [-0.2, 0) is 9.53 Å². The number of ether oxygens (including phenoxy) is 1. The summed E-state index contributed by atoms with van der Waals surface area (Å²) in [7, 11) is 0. The summed E-state index contributed by atoms with van der Waals surface area (Å²) < 4.78 is 4.98. The number of hydrogen-bond donors (Lipinski definition) is 0. The highest BCUT2D eigenvalue weighted by molar-refractivity contribution is 6.16. The number of fused-ring (bicyclic) bond motifs is 2. The SMILES string of the molecule is C=C(C(=O)OCC)c1ccc2c(=O)c3ccccc3ccc2c1. The monoisotopic (exact) mass is 304 g/mol. The summed E-state index contributed by atoms with van der Waals surface area (Å²) >= 11 is 0. The lowest BCUT2D eigenvalue weighted by Gasteiger charge is -2.05. The van der Waals surface area contributed by atoms with Gasteiger partial charge in [0.25, 0.3) is 0 Å².